The Balaban J connectivity index is 1.38. The Morgan fingerprint density at radius 1 is 1.11 bits per heavy atom. The first kappa shape index (κ1) is 27.5. The normalized spacial score (nSPS) is 21.1. The number of carbonyl (C=O) groups excluding carboxylic acids is 3. The number of likely N-dealkylation sites (tertiary alicyclic amines) is 1. The average Bonchev–Trinajstić information content (AvgIpc) is 3.36. The summed E-state index contributed by atoms with van der Waals surface area (Å²) in [6.07, 6.45) is 6.90. The SMILES string of the molecule is NC(=O)C1(c2ccc(NC(=O)c3ccc(F)cc3Cl)cc2)NC=NC1C(=O)NCCCCN1CCCCC1. The van der Waals surface area contributed by atoms with E-state index in [2.05, 4.69) is 25.8 Å². The van der Waals surface area contributed by atoms with E-state index in [1.54, 1.807) is 24.3 Å². The molecule has 0 radical (unpaired) electrons. The molecule has 2 unspecified atom stereocenters. The van der Waals surface area contributed by atoms with Gasteiger partial charge in [-0.25, -0.2) is 4.39 Å². The van der Waals surface area contributed by atoms with Crippen molar-refractivity contribution < 1.29 is 18.8 Å². The van der Waals surface area contributed by atoms with Crippen LogP contribution >= 0.6 is 11.6 Å². The summed E-state index contributed by atoms with van der Waals surface area (Å²) in [6.45, 7) is 3.77. The molecule has 2 aliphatic rings. The molecule has 2 aromatic carbocycles. The van der Waals surface area contributed by atoms with Gasteiger partial charge in [0.1, 0.15) is 5.82 Å². The van der Waals surface area contributed by atoms with Crippen LogP contribution in [0.3, 0.4) is 0 Å². The van der Waals surface area contributed by atoms with Crippen molar-refractivity contribution in [1.82, 2.24) is 15.5 Å². The number of unbranched alkanes of at least 4 members (excludes halogenated alkanes) is 1. The number of rotatable bonds is 10. The summed E-state index contributed by atoms with van der Waals surface area (Å²) >= 11 is 5.98. The summed E-state index contributed by atoms with van der Waals surface area (Å²) in [5, 5.41) is 8.44. The second-order valence-corrected chi connectivity index (χ2v) is 9.96. The molecule has 9 nitrogen and oxygen atoms in total. The number of aliphatic imine (C=N–C) groups is 1. The third-order valence-electron chi connectivity index (χ3n) is 6.99. The highest BCUT2D eigenvalue weighted by Crippen LogP contribution is 2.31. The Labute approximate surface area is 226 Å². The summed E-state index contributed by atoms with van der Waals surface area (Å²) in [4.78, 5) is 45.0. The highest BCUT2D eigenvalue weighted by atomic mass is 35.5. The van der Waals surface area contributed by atoms with Crippen molar-refractivity contribution in [3.05, 3.63) is 64.4 Å². The largest absolute Gasteiger partial charge is 0.367 e. The summed E-state index contributed by atoms with van der Waals surface area (Å²) in [5.41, 5.74) is 5.17. The Kier molecular flexibility index (Phi) is 8.96. The third kappa shape index (κ3) is 6.14. The Morgan fingerprint density at radius 3 is 2.53 bits per heavy atom. The van der Waals surface area contributed by atoms with Crippen molar-refractivity contribution in [3.8, 4) is 0 Å². The highest BCUT2D eigenvalue weighted by molar-refractivity contribution is 6.34. The van der Waals surface area contributed by atoms with Gasteiger partial charge in [0.15, 0.2) is 11.6 Å². The van der Waals surface area contributed by atoms with Crippen LogP contribution in [0.5, 0.6) is 0 Å². The number of benzene rings is 2. The summed E-state index contributed by atoms with van der Waals surface area (Å²) in [7, 11) is 0. The van der Waals surface area contributed by atoms with E-state index in [-0.39, 0.29) is 10.6 Å². The van der Waals surface area contributed by atoms with E-state index in [9.17, 15) is 18.8 Å². The van der Waals surface area contributed by atoms with Crippen LogP contribution in [0, 0.1) is 5.82 Å². The maximum Gasteiger partial charge on any atom is 0.257 e. The Morgan fingerprint density at radius 2 is 1.84 bits per heavy atom. The molecule has 2 aromatic rings. The molecule has 0 spiro atoms. The molecule has 0 aromatic heterocycles. The van der Waals surface area contributed by atoms with Gasteiger partial charge in [-0.1, -0.05) is 30.2 Å². The van der Waals surface area contributed by atoms with Crippen LogP contribution in [0.1, 0.15) is 48.0 Å². The quantitative estimate of drug-likeness (QED) is 0.343. The molecule has 11 heteroatoms. The second kappa shape index (κ2) is 12.4. The van der Waals surface area contributed by atoms with E-state index in [0.29, 0.717) is 17.8 Å². The molecule has 4 rings (SSSR count). The molecule has 5 N–H and O–H groups in total. The number of piperidine rings is 1. The zero-order valence-electron chi connectivity index (χ0n) is 21.0. The van der Waals surface area contributed by atoms with Gasteiger partial charge < -0.3 is 26.6 Å². The van der Waals surface area contributed by atoms with Gasteiger partial charge in [0.2, 0.25) is 5.91 Å². The minimum absolute atomic E-state index is 0.0144. The van der Waals surface area contributed by atoms with E-state index < -0.39 is 35.1 Å². The van der Waals surface area contributed by atoms with Gasteiger partial charge >= 0.3 is 0 Å². The van der Waals surface area contributed by atoms with Gasteiger partial charge in [-0.05, 0) is 81.2 Å². The summed E-state index contributed by atoms with van der Waals surface area (Å²) in [6, 6.07) is 8.74. The van der Waals surface area contributed by atoms with Crippen LogP contribution in [0.15, 0.2) is 47.5 Å². The molecule has 3 amide bonds. The van der Waals surface area contributed by atoms with Crippen molar-refractivity contribution in [2.45, 2.75) is 43.7 Å². The first-order valence-electron chi connectivity index (χ1n) is 12.8. The van der Waals surface area contributed by atoms with Crippen molar-refractivity contribution in [2.24, 2.45) is 10.7 Å². The predicted molar refractivity (Wildman–Crippen MR) is 145 cm³/mol. The van der Waals surface area contributed by atoms with Crippen LogP contribution in [0.2, 0.25) is 5.02 Å². The molecule has 1 saturated heterocycles. The Bertz CT molecular complexity index is 1200. The van der Waals surface area contributed by atoms with Crippen LogP contribution in [0.25, 0.3) is 0 Å². The Hall–Kier alpha value is -3.50. The van der Waals surface area contributed by atoms with Gasteiger partial charge in [0.25, 0.3) is 11.8 Å². The molecule has 2 atom stereocenters. The van der Waals surface area contributed by atoms with Gasteiger partial charge in [0, 0.05) is 12.2 Å². The number of halogens is 2. The number of anilines is 1. The molecular formula is C27H32ClFN6O3. The molecular weight excluding hydrogens is 511 g/mol. The molecule has 2 aliphatic heterocycles. The first-order chi connectivity index (χ1) is 18.3. The fourth-order valence-electron chi connectivity index (χ4n) is 4.90. The summed E-state index contributed by atoms with van der Waals surface area (Å²) in [5.74, 6) is -2.22. The number of hydrogen-bond donors (Lipinski definition) is 4. The highest BCUT2D eigenvalue weighted by Gasteiger charge is 2.52. The van der Waals surface area contributed by atoms with Crippen LogP contribution in [-0.4, -0.2) is 61.2 Å². The van der Waals surface area contributed by atoms with Crippen molar-refractivity contribution >= 4 is 41.3 Å². The van der Waals surface area contributed by atoms with Gasteiger partial charge in [-0.3, -0.25) is 19.4 Å². The van der Waals surface area contributed by atoms with E-state index in [1.165, 1.54) is 31.7 Å². The number of hydrogen-bond acceptors (Lipinski definition) is 6. The lowest BCUT2D eigenvalue weighted by atomic mass is 9.82. The lowest BCUT2D eigenvalue weighted by molar-refractivity contribution is -0.131. The van der Waals surface area contributed by atoms with Crippen molar-refractivity contribution in [1.29, 1.82) is 0 Å². The fraction of sp³-hybridized carbons (Fsp3) is 0.407. The lowest BCUT2D eigenvalue weighted by Crippen LogP contribution is -2.59. The smallest absolute Gasteiger partial charge is 0.257 e. The number of nitrogens with one attached hydrogen (secondary N) is 3. The topological polar surface area (TPSA) is 129 Å². The molecule has 0 aliphatic carbocycles. The molecule has 38 heavy (non-hydrogen) atoms. The zero-order chi connectivity index (χ0) is 27.1. The maximum atomic E-state index is 13.3. The van der Waals surface area contributed by atoms with Crippen molar-refractivity contribution in [2.75, 3.05) is 31.5 Å². The molecule has 202 valence electrons. The van der Waals surface area contributed by atoms with Crippen LogP contribution in [-0.2, 0) is 15.1 Å². The second-order valence-electron chi connectivity index (χ2n) is 9.55. The van der Waals surface area contributed by atoms with Gasteiger partial charge in [0.05, 0.1) is 16.9 Å². The zero-order valence-corrected chi connectivity index (χ0v) is 21.8. The first-order valence-corrected chi connectivity index (χ1v) is 13.2. The maximum absolute atomic E-state index is 13.3. The predicted octanol–water partition coefficient (Wildman–Crippen LogP) is 2.79. The van der Waals surface area contributed by atoms with Gasteiger partial charge in [-0.15, -0.1) is 0 Å². The number of nitrogens with zero attached hydrogens (tertiary/aromatic N) is 2. The number of primary amides is 1. The molecule has 0 bridgehead atoms. The number of amides is 3. The van der Waals surface area contributed by atoms with E-state index in [4.69, 9.17) is 17.3 Å². The monoisotopic (exact) mass is 542 g/mol. The number of carbonyl (C=O) groups is 3. The van der Waals surface area contributed by atoms with E-state index in [0.717, 1.165) is 44.6 Å². The van der Waals surface area contributed by atoms with Crippen LogP contribution in [0.4, 0.5) is 10.1 Å². The molecule has 1 fully saturated rings. The van der Waals surface area contributed by atoms with Gasteiger partial charge in [-0.2, -0.15) is 0 Å². The minimum Gasteiger partial charge on any atom is -0.367 e. The minimum atomic E-state index is -1.57. The lowest BCUT2D eigenvalue weighted by Gasteiger charge is -2.31. The average molecular weight is 543 g/mol. The standard InChI is InChI=1S/C27H32ClFN6O3/c28-22-16-19(29)8-11-21(22)24(36)34-20-9-6-18(7-10-20)27(26(30)38)23(32-17-33-27)25(37)31-12-2-5-15-35-13-3-1-4-14-35/h6-11,16-17,23H,1-5,12-15H2,(H2,30,38)(H,31,37)(H,32,33)(H,34,36). The van der Waals surface area contributed by atoms with Crippen molar-refractivity contribution in [3.63, 3.8) is 0 Å². The number of nitrogens with two attached hydrogens (primary N) is 1. The van der Waals surface area contributed by atoms with E-state index >= 15 is 0 Å². The van der Waals surface area contributed by atoms with Crippen LogP contribution < -0.4 is 21.7 Å². The molecule has 2 heterocycles. The van der Waals surface area contributed by atoms with E-state index in [1.807, 2.05) is 0 Å². The fourth-order valence-corrected chi connectivity index (χ4v) is 5.15. The summed E-state index contributed by atoms with van der Waals surface area (Å²) < 4.78 is 13.3. The third-order valence-corrected chi connectivity index (χ3v) is 7.30. The molecule has 0 saturated carbocycles.